The maximum Gasteiger partial charge on any atom is 0.135 e. The number of hydrogen-bond acceptors (Lipinski definition) is 4. The zero-order valence-corrected chi connectivity index (χ0v) is 31.1. The molecule has 9 aromatic carbocycles. The van der Waals surface area contributed by atoms with E-state index in [4.69, 9.17) is 9.41 Å². The lowest BCUT2D eigenvalue weighted by Crippen LogP contribution is -2.45. The number of fused-ring (bicyclic) bond motifs is 5. The Labute approximate surface area is 330 Å². The van der Waals surface area contributed by atoms with E-state index in [9.17, 15) is 0 Å². The van der Waals surface area contributed by atoms with Crippen LogP contribution < -0.4 is 10.6 Å². The molecule has 4 heteroatoms. The summed E-state index contributed by atoms with van der Waals surface area (Å²) in [7, 11) is 0. The van der Waals surface area contributed by atoms with Crippen molar-refractivity contribution in [3.05, 3.63) is 217 Å². The maximum absolute atomic E-state index is 6.53. The lowest BCUT2D eigenvalue weighted by Gasteiger charge is -2.33. The fraction of sp³-hybridized carbons (Fsp3) is 0.0377. The van der Waals surface area contributed by atoms with Gasteiger partial charge in [-0.25, -0.2) is 4.99 Å². The number of amidine groups is 1. The van der Waals surface area contributed by atoms with Gasteiger partial charge in [0, 0.05) is 21.9 Å². The number of nitrogens with one attached hydrogen (secondary N) is 2. The van der Waals surface area contributed by atoms with Crippen molar-refractivity contribution in [2.45, 2.75) is 12.3 Å². The van der Waals surface area contributed by atoms with Crippen LogP contribution in [0.25, 0.3) is 76.9 Å². The molecule has 4 nitrogen and oxygen atoms in total. The quantitative estimate of drug-likeness (QED) is 0.179. The summed E-state index contributed by atoms with van der Waals surface area (Å²) in [5.41, 5.74) is 12.0. The number of furan rings is 1. The third-order valence-electron chi connectivity index (χ3n) is 11.3. The first-order chi connectivity index (χ1) is 28.2. The van der Waals surface area contributed by atoms with Crippen LogP contribution in [0.3, 0.4) is 0 Å². The van der Waals surface area contributed by atoms with Gasteiger partial charge in [0.1, 0.15) is 29.3 Å². The largest absolute Gasteiger partial charge is 0.456 e. The Kier molecular flexibility index (Phi) is 8.01. The SMILES string of the molecule is c1ccc(C2=NC(c3ccc(-c4ccc5ccccc5c4)c(-c4ccccc4)c3)NC(c3cccc4oc5ccc(-c6ccc7ccccc7c6)cc5c34)N2)cc1. The van der Waals surface area contributed by atoms with Crippen molar-refractivity contribution < 1.29 is 4.42 Å². The van der Waals surface area contributed by atoms with Crippen LogP contribution in [0.1, 0.15) is 29.0 Å². The van der Waals surface area contributed by atoms with Gasteiger partial charge < -0.3 is 9.73 Å². The summed E-state index contributed by atoms with van der Waals surface area (Å²) in [5, 5.41) is 14.8. The van der Waals surface area contributed by atoms with Gasteiger partial charge >= 0.3 is 0 Å². The lowest BCUT2D eigenvalue weighted by atomic mass is 9.91. The van der Waals surface area contributed by atoms with Crippen molar-refractivity contribution in [2.24, 2.45) is 4.99 Å². The molecule has 1 aliphatic rings. The zero-order valence-electron chi connectivity index (χ0n) is 31.1. The molecule has 2 unspecified atom stereocenters. The van der Waals surface area contributed by atoms with Crippen LogP contribution in [-0.2, 0) is 0 Å². The number of benzene rings is 9. The Morgan fingerprint density at radius 3 is 1.81 bits per heavy atom. The Hall–Kier alpha value is -7.27. The van der Waals surface area contributed by atoms with Gasteiger partial charge in [0.15, 0.2) is 0 Å². The third-order valence-corrected chi connectivity index (χ3v) is 11.3. The van der Waals surface area contributed by atoms with Gasteiger partial charge in [0.05, 0.1) is 0 Å². The fourth-order valence-electron chi connectivity index (χ4n) is 8.47. The van der Waals surface area contributed by atoms with Crippen LogP contribution in [-0.4, -0.2) is 5.84 Å². The van der Waals surface area contributed by atoms with Crippen molar-refractivity contribution in [1.82, 2.24) is 10.6 Å². The second-order valence-corrected chi connectivity index (χ2v) is 14.8. The second kappa shape index (κ2) is 13.8. The summed E-state index contributed by atoms with van der Waals surface area (Å²) in [5.74, 6) is 0.839. The molecule has 2 N–H and O–H groups in total. The van der Waals surface area contributed by atoms with Crippen molar-refractivity contribution in [3.63, 3.8) is 0 Å². The van der Waals surface area contributed by atoms with E-state index in [1.165, 1.54) is 43.8 Å². The van der Waals surface area contributed by atoms with E-state index in [0.29, 0.717) is 0 Å². The molecule has 57 heavy (non-hydrogen) atoms. The van der Waals surface area contributed by atoms with Gasteiger partial charge in [-0.1, -0.05) is 164 Å². The Morgan fingerprint density at radius 1 is 0.421 bits per heavy atom. The van der Waals surface area contributed by atoms with Crippen LogP contribution in [0.4, 0.5) is 0 Å². The summed E-state index contributed by atoms with van der Waals surface area (Å²) in [6.07, 6.45) is -0.599. The van der Waals surface area contributed by atoms with Crippen LogP contribution >= 0.6 is 0 Å². The first kappa shape index (κ1) is 33.1. The molecule has 270 valence electrons. The molecule has 2 atom stereocenters. The van der Waals surface area contributed by atoms with Crippen molar-refractivity contribution in [3.8, 4) is 33.4 Å². The molecule has 0 radical (unpaired) electrons. The molecule has 0 spiro atoms. The minimum atomic E-state index is -0.332. The van der Waals surface area contributed by atoms with Gasteiger partial charge in [0.25, 0.3) is 0 Å². The predicted molar refractivity (Wildman–Crippen MR) is 236 cm³/mol. The Balaban J connectivity index is 1.04. The topological polar surface area (TPSA) is 49.6 Å². The molecule has 2 heterocycles. The molecule has 0 bridgehead atoms. The van der Waals surface area contributed by atoms with E-state index in [-0.39, 0.29) is 12.3 Å². The molecule has 0 aliphatic carbocycles. The molecule has 1 aliphatic heterocycles. The highest BCUT2D eigenvalue weighted by molar-refractivity contribution is 6.09. The number of rotatable bonds is 6. The second-order valence-electron chi connectivity index (χ2n) is 14.8. The van der Waals surface area contributed by atoms with Gasteiger partial charge in [-0.15, -0.1) is 0 Å². The number of hydrogen-bond donors (Lipinski definition) is 2. The van der Waals surface area contributed by atoms with E-state index >= 15 is 0 Å². The van der Waals surface area contributed by atoms with Gasteiger partial charge in [-0.3, -0.25) is 5.32 Å². The van der Waals surface area contributed by atoms with Crippen molar-refractivity contribution in [2.75, 3.05) is 0 Å². The highest BCUT2D eigenvalue weighted by atomic mass is 16.3. The van der Waals surface area contributed by atoms with Crippen LogP contribution in [0, 0.1) is 0 Å². The number of aliphatic imine (C=N–C) groups is 1. The molecule has 11 rings (SSSR count). The number of nitrogens with zero attached hydrogens (tertiary/aromatic N) is 1. The van der Waals surface area contributed by atoms with Crippen LogP contribution in [0.5, 0.6) is 0 Å². The Morgan fingerprint density at radius 2 is 1.05 bits per heavy atom. The van der Waals surface area contributed by atoms with E-state index in [1.807, 2.05) is 6.07 Å². The summed E-state index contributed by atoms with van der Waals surface area (Å²) in [6.45, 7) is 0. The first-order valence-electron chi connectivity index (χ1n) is 19.5. The maximum atomic E-state index is 6.53. The molecule has 0 fully saturated rings. The summed E-state index contributed by atoms with van der Waals surface area (Å²) in [4.78, 5) is 5.36. The molecule has 0 amide bonds. The zero-order chi connectivity index (χ0) is 37.7. The minimum Gasteiger partial charge on any atom is -0.456 e. The lowest BCUT2D eigenvalue weighted by molar-refractivity contribution is 0.411. The van der Waals surface area contributed by atoms with Crippen LogP contribution in [0.2, 0.25) is 0 Å². The van der Waals surface area contributed by atoms with E-state index in [1.54, 1.807) is 0 Å². The van der Waals surface area contributed by atoms with Crippen LogP contribution in [0.15, 0.2) is 210 Å². The van der Waals surface area contributed by atoms with E-state index in [2.05, 4.69) is 205 Å². The average Bonchev–Trinajstić information content (AvgIpc) is 3.67. The average molecular weight is 732 g/mol. The molecule has 10 aromatic rings. The van der Waals surface area contributed by atoms with E-state index < -0.39 is 0 Å². The van der Waals surface area contributed by atoms with E-state index in [0.717, 1.165) is 55.6 Å². The third kappa shape index (κ3) is 6.04. The summed E-state index contributed by atoms with van der Waals surface area (Å²) >= 11 is 0. The molecule has 1 aromatic heterocycles. The monoisotopic (exact) mass is 731 g/mol. The predicted octanol–water partition coefficient (Wildman–Crippen LogP) is 13.2. The van der Waals surface area contributed by atoms with Gasteiger partial charge in [-0.05, 0) is 96.9 Å². The Bertz CT molecular complexity index is 3150. The highest BCUT2D eigenvalue weighted by Crippen LogP contribution is 2.40. The fourth-order valence-corrected chi connectivity index (χ4v) is 8.47. The first-order valence-corrected chi connectivity index (χ1v) is 19.5. The minimum absolute atomic E-state index is 0.267. The standard InChI is InChI=1S/C53H37N3O/c1-3-14-36(15-4-1)46-33-43(26-28-44(46)42-25-23-35-13-8-10-19-39(35)31-42)52-54-51(37-16-5-2-6-17-37)55-53(56-52)45-20-11-21-49-50(45)47-32-41(27-29-48(47)57-49)40-24-22-34-12-7-9-18-38(34)30-40/h1-33,52-53,56H,(H,54,55). The molecule has 0 saturated carbocycles. The van der Waals surface area contributed by atoms with Crippen molar-refractivity contribution in [1.29, 1.82) is 0 Å². The molecule has 0 saturated heterocycles. The van der Waals surface area contributed by atoms with Gasteiger partial charge in [0.2, 0.25) is 0 Å². The normalized spacial score (nSPS) is 15.5. The highest BCUT2D eigenvalue weighted by Gasteiger charge is 2.28. The smallest absolute Gasteiger partial charge is 0.135 e. The van der Waals surface area contributed by atoms with Gasteiger partial charge in [-0.2, -0.15) is 0 Å². The summed E-state index contributed by atoms with van der Waals surface area (Å²) in [6, 6.07) is 71.3. The molecular weight excluding hydrogens is 695 g/mol. The summed E-state index contributed by atoms with van der Waals surface area (Å²) < 4.78 is 6.53. The molecular formula is C53H37N3O. The van der Waals surface area contributed by atoms with Crippen molar-refractivity contribution >= 4 is 49.3 Å².